The predicted octanol–water partition coefficient (Wildman–Crippen LogP) is 1.10. The van der Waals surface area contributed by atoms with Crippen LogP contribution in [0, 0.1) is 0 Å². The Kier molecular flexibility index (Phi) is 3.77. The highest BCUT2D eigenvalue weighted by molar-refractivity contribution is 5.88. The molecule has 92 valence electrons. The molecule has 7 heteroatoms. The number of amides is 1. The van der Waals surface area contributed by atoms with E-state index in [1.807, 2.05) is 0 Å². The van der Waals surface area contributed by atoms with Crippen molar-refractivity contribution in [2.75, 3.05) is 13.2 Å². The quantitative estimate of drug-likeness (QED) is 0.678. The van der Waals surface area contributed by atoms with Crippen LogP contribution in [0.1, 0.15) is 19.8 Å². The fraction of sp³-hybridized carbons (Fsp3) is 0.778. The van der Waals surface area contributed by atoms with Gasteiger partial charge in [-0.2, -0.15) is 13.2 Å². The number of nitrogens with zero attached hydrogens (tertiary/aromatic N) is 1. The van der Waals surface area contributed by atoms with E-state index in [1.165, 1.54) is 0 Å². The Hall–Kier alpha value is -1.27. The first-order valence-corrected chi connectivity index (χ1v) is 4.92. The first-order valence-electron chi connectivity index (χ1n) is 4.92. The van der Waals surface area contributed by atoms with Gasteiger partial charge >= 0.3 is 18.1 Å². The fourth-order valence-electron chi connectivity index (χ4n) is 1.66. The van der Waals surface area contributed by atoms with E-state index in [0.29, 0.717) is 11.3 Å². The van der Waals surface area contributed by atoms with E-state index >= 15 is 0 Å². The average Bonchev–Trinajstić information content (AvgIpc) is 2.63. The van der Waals surface area contributed by atoms with Crippen molar-refractivity contribution in [1.29, 1.82) is 0 Å². The number of hydrogen-bond acceptors (Lipinski definition) is 3. The lowest BCUT2D eigenvalue weighted by atomic mass is 10.2. The van der Waals surface area contributed by atoms with Crippen molar-refractivity contribution < 1.29 is 27.5 Å². The number of hydrogen-bond donors (Lipinski definition) is 0. The molecule has 4 nitrogen and oxygen atoms in total. The first-order chi connectivity index (χ1) is 7.38. The zero-order valence-electron chi connectivity index (χ0n) is 8.71. The normalized spacial score (nSPS) is 21.0. The summed E-state index contributed by atoms with van der Waals surface area (Å²) >= 11 is 0. The molecule has 0 radical (unpaired) electrons. The smallest absolute Gasteiger partial charge is 0.464 e. The Balaban J connectivity index is 2.73. The van der Waals surface area contributed by atoms with E-state index in [0.717, 1.165) is 0 Å². The Morgan fingerprint density at radius 1 is 1.44 bits per heavy atom. The maximum atomic E-state index is 12.2. The lowest BCUT2D eigenvalue weighted by Gasteiger charge is -2.23. The predicted molar refractivity (Wildman–Crippen MR) is 47.4 cm³/mol. The molecule has 0 aliphatic carbocycles. The van der Waals surface area contributed by atoms with Crippen LogP contribution in [0.4, 0.5) is 13.2 Å². The molecule has 1 aliphatic heterocycles. The first kappa shape index (κ1) is 12.8. The molecule has 0 aromatic carbocycles. The molecule has 0 unspecified atom stereocenters. The van der Waals surface area contributed by atoms with Crippen molar-refractivity contribution in [3.05, 3.63) is 0 Å². The molecule has 0 aromatic heterocycles. The van der Waals surface area contributed by atoms with Crippen molar-refractivity contribution in [2.45, 2.75) is 32.0 Å². The summed E-state index contributed by atoms with van der Waals surface area (Å²) in [5.74, 6) is -2.74. The highest BCUT2D eigenvalue weighted by Gasteiger charge is 2.48. The Labute approximate surface area is 90.3 Å². The molecule has 0 N–H and O–H groups in total. The van der Waals surface area contributed by atoms with Gasteiger partial charge in [0.05, 0.1) is 6.61 Å². The van der Waals surface area contributed by atoms with Crippen LogP contribution >= 0.6 is 0 Å². The highest BCUT2D eigenvalue weighted by atomic mass is 19.4. The zero-order valence-corrected chi connectivity index (χ0v) is 8.71. The molecule has 1 amide bonds. The lowest BCUT2D eigenvalue weighted by molar-refractivity contribution is -0.188. The Morgan fingerprint density at radius 2 is 2.06 bits per heavy atom. The summed E-state index contributed by atoms with van der Waals surface area (Å²) in [7, 11) is 0. The third-order valence-corrected chi connectivity index (χ3v) is 2.31. The average molecular weight is 239 g/mol. The van der Waals surface area contributed by atoms with Crippen LogP contribution in [0.5, 0.6) is 0 Å². The molecule has 1 atom stereocenters. The number of likely N-dealkylation sites (tertiary alicyclic amines) is 1. The molecule has 16 heavy (non-hydrogen) atoms. The van der Waals surface area contributed by atoms with Crippen molar-refractivity contribution in [1.82, 2.24) is 4.90 Å². The van der Waals surface area contributed by atoms with Crippen LogP contribution in [-0.4, -0.2) is 42.1 Å². The van der Waals surface area contributed by atoms with Gasteiger partial charge in [-0.25, -0.2) is 4.79 Å². The van der Waals surface area contributed by atoms with Gasteiger partial charge in [0.25, 0.3) is 0 Å². The molecule has 0 bridgehead atoms. The fourth-order valence-corrected chi connectivity index (χ4v) is 1.66. The van der Waals surface area contributed by atoms with E-state index in [9.17, 15) is 22.8 Å². The minimum absolute atomic E-state index is 0.0537. The van der Waals surface area contributed by atoms with E-state index in [1.54, 1.807) is 6.92 Å². The molecular weight excluding hydrogens is 227 g/mol. The molecule has 0 spiro atoms. The summed E-state index contributed by atoms with van der Waals surface area (Å²) in [5.41, 5.74) is 0. The van der Waals surface area contributed by atoms with E-state index in [4.69, 9.17) is 0 Å². The third-order valence-electron chi connectivity index (χ3n) is 2.31. The number of rotatable bonds is 2. The number of alkyl halides is 3. The summed E-state index contributed by atoms with van der Waals surface area (Å²) in [4.78, 5) is 22.8. The van der Waals surface area contributed by atoms with Crippen molar-refractivity contribution in [3.63, 3.8) is 0 Å². The summed E-state index contributed by atoms with van der Waals surface area (Å²) < 4.78 is 41.2. The van der Waals surface area contributed by atoms with Gasteiger partial charge in [-0.15, -0.1) is 0 Å². The second-order valence-corrected chi connectivity index (χ2v) is 3.41. The molecule has 1 fully saturated rings. The summed E-state index contributed by atoms with van der Waals surface area (Å²) in [6.07, 6.45) is -4.33. The van der Waals surface area contributed by atoms with E-state index in [2.05, 4.69) is 4.74 Å². The van der Waals surface area contributed by atoms with Crippen LogP contribution < -0.4 is 0 Å². The highest BCUT2D eigenvalue weighted by Crippen LogP contribution is 2.26. The molecule has 1 aliphatic rings. The largest absolute Gasteiger partial charge is 0.471 e. The number of esters is 1. The lowest BCUT2D eigenvalue weighted by Crippen LogP contribution is -2.47. The maximum absolute atomic E-state index is 12.2. The zero-order chi connectivity index (χ0) is 12.3. The van der Waals surface area contributed by atoms with E-state index in [-0.39, 0.29) is 19.6 Å². The Morgan fingerprint density at radius 3 is 2.56 bits per heavy atom. The monoisotopic (exact) mass is 239 g/mol. The van der Waals surface area contributed by atoms with Crippen molar-refractivity contribution in [2.24, 2.45) is 0 Å². The van der Waals surface area contributed by atoms with Gasteiger partial charge in [0.15, 0.2) is 0 Å². The molecule has 1 rings (SSSR count). The van der Waals surface area contributed by atoms with Crippen LogP contribution in [-0.2, 0) is 14.3 Å². The van der Waals surface area contributed by atoms with Gasteiger partial charge < -0.3 is 9.64 Å². The number of ether oxygens (including phenoxy) is 1. The summed E-state index contributed by atoms with van der Waals surface area (Å²) in [6.45, 7) is 1.59. The molecule has 1 heterocycles. The van der Waals surface area contributed by atoms with Crippen LogP contribution in [0.25, 0.3) is 0 Å². The van der Waals surface area contributed by atoms with Gasteiger partial charge in [-0.05, 0) is 19.8 Å². The standard InChI is InChI=1S/C9H12F3NO3/c1-2-16-7(14)6-4-3-5-13(6)8(15)9(10,11)12/h6H,2-5H2,1H3/t6-/m0/s1. The number of carbonyl (C=O) groups excluding carboxylic acids is 2. The van der Waals surface area contributed by atoms with Gasteiger partial charge in [-0.3, -0.25) is 4.79 Å². The minimum Gasteiger partial charge on any atom is -0.464 e. The molecule has 0 saturated carbocycles. The second kappa shape index (κ2) is 4.71. The van der Waals surface area contributed by atoms with Crippen LogP contribution in [0.2, 0.25) is 0 Å². The summed E-state index contributed by atoms with van der Waals surface area (Å²) in [6, 6.07) is -1.09. The molecule has 0 aromatic rings. The van der Waals surface area contributed by atoms with Crippen LogP contribution in [0.15, 0.2) is 0 Å². The maximum Gasteiger partial charge on any atom is 0.471 e. The molecule has 1 saturated heterocycles. The van der Waals surface area contributed by atoms with Crippen molar-refractivity contribution >= 4 is 11.9 Å². The third kappa shape index (κ3) is 2.65. The van der Waals surface area contributed by atoms with Gasteiger partial charge in [-0.1, -0.05) is 0 Å². The summed E-state index contributed by atoms with van der Waals surface area (Å²) in [5, 5.41) is 0. The van der Waals surface area contributed by atoms with Crippen LogP contribution in [0.3, 0.4) is 0 Å². The second-order valence-electron chi connectivity index (χ2n) is 3.41. The van der Waals surface area contributed by atoms with Gasteiger partial charge in [0.2, 0.25) is 0 Å². The molecular formula is C9H12F3NO3. The topological polar surface area (TPSA) is 46.6 Å². The SMILES string of the molecule is CCOC(=O)[C@@H]1CCCN1C(=O)C(F)(F)F. The van der Waals surface area contributed by atoms with E-state index < -0.39 is 24.1 Å². The van der Waals surface area contributed by atoms with Crippen molar-refractivity contribution in [3.8, 4) is 0 Å². The van der Waals surface area contributed by atoms with Gasteiger partial charge in [0, 0.05) is 6.54 Å². The number of halogens is 3. The van der Waals surface area contributed by atoms with Gasteiger partial charge in [0.1, 0.15) is 6.04 Å². The Bertz CT molecular complexity index is 290. The minimum atomic E-state index is -4.94. The number of carbonyl (C=O) groups is 2.